The number of nitrogens with zero attached hydrogens (tertiary/aromatic N) is 2. The van der Waals surface area contributed by atoms with Gasteiger partial charge < -0.3 is 15.1 Å². The monoisotopic (exact) mass is 352 g/mol. The summed E-state index contributed by atoms with van der Waals surface area (Å²) in [6.07, 6.45) is 0. The standard InChI is InChI=1S/C18H16N4O4/c1-11-6-7-14(26-11)18(2)16(24)22(17(25)21-18)10-15(23)20-13-5-3-4-12(8-13)9-19/h3-8H,10H2,1-2H3,(H,20,23)(H,21,25)/t18-/m0/s1. The van der Waals surface area contributed by atoms with Gasteiger partial charge in [-0.2, -0.15) is 5.26 Å². The van der Waals surface area contributed by atoms with Crippen molar-refractivity contribution in [1.29, 1.82) is 5.26 Å². The topological polar surface area (TPSA) is 115 Å². The van der Waals surface area contributed by atoms with E-state index in [2.05, 4.69) is 10.6 Å². The fourth-order valence-corrected chi connectivity index (χ4v) is 2.72. The molecule has 2 N–H and O–H groups in total. The van der Waals surface area contributed by atoms with Gasteiger partial charge in [-0.05, 0) is 44.2 Å². The van der Waals surface area contributed by atoms with Gasteiger partial charge in [0.2, 0.25) is 5.91 Å². The minimum Gasteiger partial charge on any atom is -0.463 e. The lowest BCUT2D eigenvalue weighted by Crippen LogP contribution is -2.41. The Kier molecular flexibility index (Phi) is 4.22. The minimum absolute atomic E-state index is 0.304. The van der Waals surface area contributed by atoms with Gasteiger partial charge in [-0.25, -0.2) is 4.79 Å². The number of benzene rings is 1. The second kappa shape index (κ2) is 6.37. The molecule has 1 aliphatic rings. The van der Waals surface area contributed by atoms with Gasteiger partial charge in [0, 0.05) is 5.69 Å². The molecule has 3 rings (SSSR count). The van der Waals surface area contributed by atoms with Crippen molar-refractivity contribution in [3.05, 3.63) is 53.5 Å². The van der Waals surface area contributed by atoms with Gasteiger partial charge in [0.25, 0.3) is 5.91 Å². The van der Waals surface area contributed by atoms with Crippen molar-refractivity contribution in [2.24, 2.45) is 0 Å². The molecule has 1 aliphatic heterocycles. The minimum atomic E-state index is -1.35. The van der Waals surface area contributed by atoms with E-state index in [4.69, 9.17) is 9.68 Å². The van der Waals surface area contributed by atoms with E-state index in [9.17, 15) is 14.4 Å². The summed E-state index contributed by atoms with van der Waals surface area (Å²) in [7, 11) is 0. The van der Waals surface area contributed by atoms with Crippen molar-refractivity contribution < 1.29 is 18.8 Å². The number of anilines is 1. The Balaban J connectivity index is 1.73. The fourth-order valence-electron chi connectivity index (χ4n) is 2.72. The molecular formula is C18H16N4O4. The van der Waals surface area contributed by atoms with Gasteiger partial charge in [-0.3, -0.25) is 14.5 Å². The number of imide groups is 1. The predicted molar refractivity (Wildman–Crippen MR) is 90.8 cm³/mol. The fraction of sp³-hybridized carbons (Fsp3) is 0.222. The van der Waals surface area contributed by atoms with E-state index < -0.39 is 29.9 Å². The maximum Gasteiger partial charge on any atom is 0.325 e. The second-order valence-corrected chi connectivity index (χ2v) is 6.10. The molecule has 1 atom stereocenters. The number of carbonyl (C=O) groups is 3. The molecule has 8 nitrogen and oxygen atoms in total. The van der Waals surface area contributed by atoms with Crippen LogP contribution in [-0.2, 0) is 15.1 Å². The van der Waals surface area contributed by atoms with E-state index in [1.165, 1.54) is 13.0 Å². The first-order chi connectivity index (χ1) is 12.3. The number of amides is 4. The molecule has 0 radical (unpaired) electrons. The second-order valence-electron chi connectivity index (χ2n) is 6.10. The number of hydrogen-bond donors (Lipinski definition) is 2. The summed E-state index contributed by atoms with van der Waals surface area (Å²) in [5.74, 6) is -0.212. The lowest BCUT2D eigenvalue weighted by atomic mass is 9.99. The number of hydrogen-bond acceptors (Lipinski definition) is 5. The number of nitrogens with one attached hydrogen (secondary N) is 2. The molecular weight excluding hydrogens is 336 g/mol. The van der Waals surface area contributed by atoms with Crippen molar-refractivity contribution in [3.8, 4) is 6.07 Å². The molecule has 0 saturated carbocycles. The average molecular weight is 352 g/mol. The maximum absolute atomic E-state index is 12.7. The molecule has 8 heteroatoms. The average Bonchev–Trinajstić information content (AvgIpc) is 3.13. The molecule has 0 bridgehead atoms. The number of furan rings is 1. The highest BCUT2D eigenvalue weighted by Gasteiger charge is 2.51. The maximum atomic E-state index is 12.7. The molecule has 1 fully saturated rings. The molecule has 26 heavy (non-hydrogen) atoms. The normalized spacial score (nSPS) is 19.2. The zero-order valence-electron chi connectivity index (χ0n) is 14.2. The van der Waals surface area contributed by atoms with Gasteiger partial charge >= 0.3 is 6.03 Å². The zero-order chi connectivity index (χ0) is 18.9. The first-order valence-electron chi connectivity index (χ1n) is 7.84. The summed E-state index contributed by atoms with van der Waals surface area (Å²) in [5, 5.41) is 14.0. The van der Waals surface area contributed by atoms with Crippen molar-refractivity contribution >= 4 is 23.5 Å². The van der Waals surface area contributed by atoms with Gasteiger partial charge in [-0.15, -0.1) is 0 Å². The van der Waals surface area contributed by atoms with Crippen LogP contribution in [0.2, 0.25) is 0 Å². The third-order valence-electron chi connectivity index (χ3n) is 4.09. The molecule has 0 unspecified atom stereocenters. The van der Waals surface area contributed by atoms with Crippen molar-refractivity contribution in [2.75, 3.05) is 11.9 Å². The van der Waals surface area contributed by atoms with E-state index in [1.54, 1.807) is 37.3 Å². The number of aryl methyl sites for hydroxylation is 1. The lowest BCUT2D eigenvalue weighted by molar-refractivity contribution is -0.134. The summed E-state index contributed by atoms with van der Waals surface area (Å²) in [5.41, 5.74) is -0.559. The molecule has 1 aromatic heterocycles. The van der Waals surface area contributed by atoms with Gasteiger partial charge in [-0.1, -0.05) is 6.07 Å². The van der Waals surface area contributed by atoms with Crippen LogP contribution in [0.3, 0.4) is 0 Å². The summed E-state index contributed by atoms with van der Waals surface area (Å²) < 4.78 is 5.47. The van der Waals surface area contributed by atoms with Crippen LogP contribution >= 0.6 is 0 Å². The van der Waals surface area contributed by atoms with Crippen LogP contribution in [0.15, 0.2) is 40.8 Å². The van der Waals surface area contributed by atoms with Gasteiger partial charge in [0.05, 0.1) is 11.6 Å². The van der Waals surface area contributed by atoms with Crippen LogP contribution in [0.4, 0.5) is 10.5 Å². The predicted octanol–water partition coefficient (Wildman–Crippen LogP) is 1.87. The molecule has 132 valence electrons. The van der Waals surface area contributed by atoms with E-state index in [1.807, 2.05) is 6.07 Å². The van der Waals surface area contributed by atoms with Crippen LogP contribution in [0, 0.1) is 18.3 Å². The summed E-state index contributed by atoms with van der Waals surface area (Å²) in [6.45, 7) is 2.81. The third kappa shape index (κ3) is 3.02. The number of carbonyl (C=O) groups excluding carboxylic acids is 3. The zero-order valence-corrected chi connectivity index (χ0v) is 14.2. The lowest BCUT2D eigenvalue weighted by Gasteiger charge is -2.19. The Morgan fingerprint density at radius 3 is 2.77 bits per heavy atom. The Morgan fingerprint density at radius 2 is 2.12 bits per heavy atom. The van der Waals surface area contributed by atoms with Crippen LogP contribution in [-0.4, -0.2) is 29.3 Å². The Labute approximate surface area is 149 Å². The van der Waals surface area contributed by atoms with Crippen LogP contribution in [0.25, 0.3) is 0 Å². The van der Waals surface area contributed by atoms with Gasteiger partial charge in [0.1, 0.15) is 18.1 Å². The highest BCUT2D eigenvalue weighted by Crippen LogP contribution is 2.30. The first-order valence-corrected chi connectivity index (χ1v) is 7.84. The number of rotatable bonds is 4. The molecule has 0 aliphatic carbocycles. The first kappa shape index (κ1) is 17.2. The highest BCUT2D eigenvalue weighted by atomic mass is 16.3. The third-order valence-corrected chi connectivity index (χ3v) is 4.09. The van der Waals surface area contributed by atoms with Crippen LogP contribution in [0.5, 0.6) is 0 Å². The van der Waals surface area contributed by atoms with Crippen LogP contribution in [0.1, 0.15) is 24.0 Å². The van der Waals surface area contributed by atoms with Crippen molar-refractivity contribution in [3.63, 3.8) is 0 Å². The van der Waals surface area contributed by atoms with E-state index in [-0.39, 0.29) is 0 Å². The van der Waals surface area contributed by atoms with E-state index in [0.29, 0.717) is 22.8 Å². The van der Waals surface area contributed by atoms with E-state index in [0.717, 1.165) is 4.90 Å². The molecule has 4 amide bonds. The Hall–Kier alpha value is -3.60. The molecule has 1 saturated heterocycles. The highest BCUT2D eigenvalue weighted by molar-refractivity contribution is 6.10. The SMILES string of the molecule is Cc1ccc([C@]2(C)NC(=O)N(CC(=O)Nc3cccc(C#N)c3)C2=O)o1. The summed E-state index contributed by atoms with van der Waals surface area (Å²) >= 11 is 0. The molecule has 2 aromatic rings. The number of nitriles is 1. The van der Waals surface area contributed by atoms with Crippen molar-refractivity contribution in [1.82, 2.24) is 10.2 Å². The van der Waals surface area contributed by atoms with Crippen molar-refractivity contribution in [2.45, 2.75) is 19.4 Å². The largest absolute Gasteiger partial charge is 0.463 e. The molecule has 2 heterocycles. The summed E-state index contributed by atoms with van der Waals surface area (Å²) in [4.78, 5) is 37.9. The Bertz CT molecular complexity index is 943. The van der Waals surface area contributed by atoms with Crippen LogP contribution < -0.4 is 10.6 Å². The van der Waals surface area contributed by atoms with E-state index >= 15 is 0 Å². The Morgan fingerprint density at radius 1 is 1.35 bits per heavy atom. The molecule has 0 spiro atoms. The smallest absolute Gasteiger partial charge is 0.325 e. The summed E-state index contributed by atoms with van der Waals surface area (Å²) in [6, 6.07) is 10.9. The number of urea groups is 1. The molecule has 1 aromatic carbocycles. The van der Waals surface area contributed by atoms with Gasteiger partial charge in [0.15, 0.2) is 5.54 Å². The quantitative estimate of drug-likeness (QED) is 0.815.